The summed E-state index contributed by atoms with van der Waals surface area (Å²) in [5.74, 6) is 0.230. The van der Waals surface area contributed by atoms with Crippen molar-refractivity contribution in [3.63, 3.8) is 0 Å². The number of amides is 2. The van der Waals surface area contributed by atoms with Gasteiger partial charge in [-0.05, 0) is 42.8 Å². The normalized spacial score (nSPS) is 14.3. The molecule has 9 heteroatoms. The van der Waals surface area contributed by atoms with Crippen molar-refractivity contribution in [2.24, 2.45) is 0 Å². The van der Waals surface area contributed by atoms with E-state index in [1.807, 2.05) is 0 Å². The minimum Gasteiger partial charge on any atom is -0.497 e. The number of anilines is 2. The fourth-order valence-corrected chi connectivity index (χ4v) is 4.13. The van der Waals surface area contributed by atoms with Gasteiger partial charge in [-0.25, -0.2) is 8.42 Å². The van der Waals surface area contributed by atoms with Crippen LogP contribution in [0.2, 0.25) is 0 Å². The van der Waals surface area contributed by atoms with Crippen molar-refractivity contribution in [3.8, 4) is 11.5 Å². The van der Waals surface area contributed by atoms with Crippen LogP contribution in [0.5, 0.6) is 11.5 Å². The summed E-state index contributed by atoms with van der Waals surface area (Å²) in [6, 6.07) is 9.00. The lowest BCUT2D eigenvalue weighted by Crippen LogP contribution is -2.29. The van der Waals surface area contributed by atoms with E-state index in [4.69, 9.17) is 9.47 Å². The highest BCUT2D eigenvalue weighted by molar-refractivity contribution is 7.92. The van der Waals surface area contributed by atoms with Gasteiger partial charge in [0, 0.05) is 18.9 Å². The number of benzene rings is 2. The Hall–Kier alpha value is -3.07. The van der Waals surface area contributed by atoms with Gasteiger partial charge >= 0.3 is 0 Å². The van der Waals surface area contributed by atoms with Crippen LogP contribution in [0.3, 0.4) is 0 Å². The highest BCUT2D eigenvalue weighted by Gasteiger charge is 2.31. The average Bonchev–Trinajstić information content (AvgIpc) is 2.99. The minimum atomic E-state index is -3.93. The number of ether oxygens (including phenoxy) is 2. The molecule has 0 aromatic heterocycles. The summed E-state index contributed by atoms with van der Waals surface area (Å²) in [5.41, 5.74) is 1.13. The van der Waals surface area contributed by atoms with Crippen molar-refractivity contribution in [1.29, 1.82) is 0 Å². The summed E-state index contributed by atoms with van der Waals surface area (Å²) in [7, 11) is -1.03. The molecule has 2 aromatic rings. The van der Waals surface area contributed by atoms with Gasteiger partial charge in [0.2, 0.25) is 11.8 Å². The maximum atomic E-state index is 12.8. The number of carbonyl (C=O) groups is 2. The Morgan fingerprint density at radius 2 is 1.64 bits per heavy atom. The number of carbonyl (C=O) groups excluding carboxylic acids is 2. The zero-order valence-electron chi connectivity index (χ0n) is 15.7. The number of rotatable bonds is 6. The molecule has 0 atom stereocenters. The third kappa shape index (κ3) is 3.65. The van der Waals surface area contributed by atoms with Gasteiger partial charge in [-0.15, -0.1) is 0 Å². The molecule has 0 radical (unpaired) electrons. The van der Waals surface area contributed by atoms with Gasteiger partial charge in [0.15, 0.2) is 0 Å². The van der Waals surface area contributed by atoms with Crippen LogP contribution in [-0.2, 0) is 19.6 Å². The van der Waals surface area contributed by atoms with Gasteiger partial charge in [-0.2, -0.15) is 0 Å². The molecule has 1 heterocycles. The highest BCUT2D eigenvalue weighted by atomic mass is 32.2. The summed E-state index contributed by atoms with van der Waals surface area (Å²) < 4.78 is 38.5. The fraction of sp³-hybridized carbons (Fsp3) is 0.263. The summed E-state index contributed by atoms with van der Waals surface area (Å²) in [5, 5.41) is 0. The number of nitrogens with zero attached hydrogens (tertiary/aromatic N) is 1. The van der Waals surface area contributed by atoms with Crippen LogP contribution in [0.1, 0.15) is 18.4 Å². The molecular formula is C19H20N2O6S. The molecule has 2 aromatic carbocycles. The first kappa shape index (κ1) is 19.7. The Kier molecular flexibility index (Phi) is 5.28. The van der Waals surface area contributed by atoms with Gasteiger partial charge < -0.3 is 9.47 Å². The largest absolute Gasteiger partial charge is 0.497 e. The fourth-order valence-electron chi connectivity index (χ4n) is 2.99. The van der Waals surface area contributed by atoms with Crippen molar-refractivity contribution in [2.75, 3.05) is 23.8 Å². The lowest BCUT2D eigenvalue weighted by Gasteiger charge is -2.18. The van der Waals surface area contributed by atoms with Crippen LogP contribution >= 0.6 is 0 Å². The van der Waals surface area contributed by atoms with E-state index < -0.39 is 10.0 Å². The topological polar surface area (TPSA) is 102 Å². The molecule has 1 aliphatic rings. The third-order valence-electron chi connectivity index (χ3n) is 4.42. The Balaban J connectivity index is 1.94. The van der Waals surface area contributed by atoms with Crippen molar-refractivity contribution < 1.29 is 27.5 Å². The molecular weight excluding hydrogens is 384 g/mol. The number of imide groups is 1. The smallest absolute Gasteiger partial charge is 0.262 e. The Morgan fingerprint density at radius 3 is 2.21 bits per heavy atom. The van der Waals surface area contributed by atoms with E-state index >= 15 is 0 Å². The molecule has 0 unspecified atom stereocenters. The standard InChI is InChI=1S/C19H20N2O6S/c1-12-10-14(5-6-16(12)21-18(22)8-9-19(21)23)28(24,25)20-15-11-13(26-2)4-7-17(15)27-3/h4-7,10-11,20H,8-9H2,1-3H3. The van der Waals surface area contributed by atoms with Gasteiger partial charge in [-0.1, -0.05) is 0 Å². The van der Waals surface area contributed by atoms with Crippen LogP contribution in [-0.4, -0.2) is 34.5 Å². The SMILES string of the molecule is COc1ccc(OC)c(NS(=O)(=O)c2ccc(N3C(=O)CCC3=O)c(C)c2)c1. The van der Waals surface area contributed by atoms with Gasteiger partial charge in [0.25, 0.3) is 10.0 Å². The Morgan fingerprint density at radius 1 is 0.964 bits per heavy atom. The Bertz CT molecular complexity index is 1030. The monoisotopic (exact) mass is 404 g/mol. The highest BCUT2D eigenvalue weighted by Crippen LogP contribution is 2.32. The molecule has 1 N–H and O–H groups in total. The second-order valence-electron chi connectivity index (χ2n) is 6.24. The van der Waals surface area contributed by atoms with Crippen molar-refractivity contribution >= 4 is 33.2 Å². The summed E-state index contributed by atoms with van der Waals surface area (Å²) in [6.45, 7) is 1.65. The molecule has 2 amide bonds. The van der Waals surface area contributed by atoms with Crippen LogP contribution in [0.25, 0.3) is 0 Å². The van der Waals surface area contributed by atoms with E-state index in [0.29, 0.717) is 22.7 Å². The van der Waals surface area contributed by atoms with E-state index in [1.54, 1.807) is 19.1 Å². The molecule has 8 nitrogen and oxygen atoms in total. The van der Waals surface area contributed by atoms with Crippen LogP contribution in [0.4, 0.5) is 11.4 Å². The van der Waals surface area contributed by atoms with E-state index in [9.17, 15) is 18.0 Å². The number of hydrogen-bond acceptors (Lipinski definition) is 6. The number of nitrogens with one attached hydrogen (secondary N) is 1. The van der Waals surface area contributed by atoms with Crippen molar-refractivity contribution in [2.45, 2.75) is 24.7 Å². The molecule has 0 bridgehead atoms. The second-order valence-corrected chi connectivity index (χ2v) is 7.93. The quantitative estimate of drug-likeness (QED) is 0.742. The molecule has 148 valence electrons. The van der Waals surface area contributed by atoms with Crippen LogP contribution < -0.4 is 19.1 Å². The first-order valence-electron chi connectivity index (χ1n) is 8.48. The Labute approximate surface area is 163 Å². The minimum absolute atomic E-state index is 0.00211. The summed E-state index contributed by atoms with van der Waals surface area (Å²) >= 11 is 0. The van der Waals surface area contributed by atoms with E-state index in [2.05, 4.69) is 4.72 Å². The van der Waals surface area contributed by atoms with Crippen molar-refractivity contribution in [1.82, 2.24) is 0 Å². The first-order chi connectivity index (χ1) is 13.3. The molecule has 0 spiro atoms. The zero-order chi connectivity index (χ0) is 20.5. The molecule has 3 rings (SSSR count). The number of sulfonamides is 1. The molecule has 1 fully saturated rings. The predicted octanol–water partition coefficient (Wildman–Crippen LogP) is 2.47. The lowest BCUT2D eigenvalue weighted by molar-refractivity contribution is -0.121. The van der Waals surface area contributed by atoms with E-state index in [1.165, 1.54) is 38.5 Å². The third-order valence-corrected chi connectivity index (χ3v) is 5.79. The van der Waals surface area contributed by atoms with Gasteiger partial charge in [0.05, 0.1) is 30.5 Å². The van der Waals surface area contributed by atoms with Crippen molar-refractivity contribution in [3.05, 3.63) is 42.0 Å². The van der Waals surface area contributed by atoms with E-state index in [-0.39, 0.29) is 35.2 Å². The molecule has 1 aliphatic heterocycles. The van der Waals surface area contributed by atoms with Crippen LogP contribution in [0.15, 0.2) is 41.3 Å². The first-order valence-corrected chi connectivity index (χ1v) is 9.96. The molecule has 28 heavy (non-hydrogen) atoms. The summed E-state index contributed by atoms with van der Waals surface area (Å²) in [6.07, 6.45) is 0.324. The number of aryl methyl sites for hydroxylation is 1. The zero-order valence-corrected chi connectivity index (χ0v) is 16.5. The molecule has 0 saturated carbocycles. The number of methoxy groups -OCH3 is 2. The summed E-state index contributed by atoms with van der Waals surface area (Å²) in [4.78, 5) is 25.0. The van der Waals surface area contributed by atoms with Gasteiger partial charge in [0.1, 0.15) is 11.5 Å². The second kappa shape index (κ2) is 7.51. The number of hydrogen-bond donors (Lipinski definition) is 1. The van der Waals surface area contributed by atoms with E-state index in [0.717, 1.165) is 4.90 Å². The average molecular weight is 404 g/mol. The predicted molar refractivity (Wildman–Crippen MR) is 103 cm³/mol. The van der Waals surface area contributed by atoms with Crippen LogP contribution in [0, 0.1) is 6.92 Å². The molecule has 0 aliphatic carbocycles. The lowest BCUT2D eigenvalue weighted by atomic mass is 10.2. The van der Waals surface area contributed by atoms with Gasteiger partial charge in [-0.3, -0.25) is 19.2 Å². The maximum Gasteiger partial charge on any atom is 0.262 e. The maximum absolute atomic E-state index is 12.8. The molecule has 1 saturated heterocycles.